The van der Waals surface area contributed by atoms with Gasteiger partial charge in [0.15, 0.2) is 0 Å². The largest absolute Gasteiger partial charge is 0.361 e. The fraction of sp³-hybridized carbons (Fsp3) is 0.625. The molecule has 30 heavy (non-hydrogen) atoms. The maximum Gasteiger partial charge on any atom is 0.361 e. The summed E-state index contributed by atoms with van der Waals surface area (Å²) in [6.45, 7) is -3.05. The summed E-state index contributed by atoms with van der Waals surface area (Å²) in [6, 6.07) is 8.83. The first kappa shape index (κ1) is 22.2. The van der Waals surface area contributed by atoms with E-state index >= 15 is 0 Å². The van der Waals surface area contributed by atoms with Gasteiger partial charge in [-0.25, -0.2) is 0 Å². The molecule has 0 radical (unpaired) electrons. The van der Waals surface area contributed by atoms with E-state index in [1.165, 1.54) is 0 Å². The number of hydrogen-bond acceptors (Lipinski definition) is 11. The van der Waals surface area contributed by atoms with Gasteiger partial charge in [-0.3, -0.25) is 4.57 Å². The maximum absolute atomic E-state index is 13.9. The van der Waals surface area contributed by atoms with E-state index in [9.17, 15) is 4.57 Å². The van der Waals surface area contributed by atoms with Crippen molar-refractivity contribution < 1.29 is 40.8 Å². The van der Waals surface area contributed by atoms with E-state index < -0.39 is 31.9 Å². The third-order valence-corrected chi connectivity index (χ3v) is 11.8. The van der Waals surface area contributed by atoms with Crippen LogP contribution < -0.4 is 5.30 Å². The second-order valence-electron chi connectivity index (χ2n) is 7.91. The molecule has 1 aromatic carbocycles. The van der Waals surface area contributed by atoms with E-state index in [1.54, 1.807) is 24.3 Å². The predicted molar refractivity (Wildman–Crippen MR) is 115 cm³/mol. The molecule has 9 nitrogen and oxygen atoms in total. The lowest BCUT2D eigenvalue weighted by atomic mass is 9.93. The summed E-state index contributed by atoms with van der Waals surface area (Å²) in [5.41, 5.74) is -1.16. The Hall–Kier alpha value is 0.430. The van der Waals surface area contributed by atoms with Gasteiger partial charge >= 0.3 is 21.0 Å². The zero-order chi connectivity index (χ0) is 20.9. The molecule has 0 unspecified atom stereocenters. The van der Waals surface area contributed by atoms with Gasteiger partial charge in [-0.05, 0) is 35.7 Å². The van der Waals surface area contributed by atoms with Crippen LogP contribution in [0.4, 0.5) is 0 Å². The lowest BCUT2D eigenvalue weighted by molar-refractivity contribution is -0.103. The van der Waals surface area contributed by atoms with Gasteiger partial charge in [0.05, 0.1) is 69.0 Å². The quantitative estimate of drug-likeness (QED) is 0.503. The molecule has 0 atom stereocenters. The van der Waals surface area contributed by atoms with Crippen LogP contribution in [0.25, 0.3) is 0 Å². The van der Waals surface area contributed by atoms with Crippen LogP contribution in [-0.2, 0) is 64.4 Å². The fourth-order valence-electron chi connectivity index (χ4n) is 3.26. The van der Waals surface area contributed by atoms with Crippen LogP contribution in [0.3, 0.4) is 0 Å². The van der Waals surface area contributed by atoms with Gasteiger partial charge in [0.25, 0.3) is 0 Å². The van der Waals surface area contributed by atoms with Gasteiger partial charge in [0.1, 0.15) is 0 Å². The molecule has 1 aromatic rings. The van der Waals surface area contributed by atoms with Crippen LogP contribution in [0.2, 0.25) is 0 Å². The summed E-state index contributed by atoms with van der Waals surface area (Å²) >= 11 is 10.4. The number of hydrogen-bond donors (Lipinski definition) is 0. The Kier molecular flexibility index (Phi) is 5.95. The number of benzene rings is 1. The second-order valence-corrected chi connectivity index (χ2v) is 16.0. The van der Waals surface area contributed by atoms with Crippen molar-refractivity contribution in [1.29, 1.82) is 0 Å². The van der Waals surface area contributed by atoms with E-state index in [-0.39, 0.29) is 13.2 Å². The SMILES string of the molecule is O=P(OCC12COP(=S)(OC1)OC2)(OCC12COP(=S)(OC1)OC2)c1ccccc1. The predicted octanol–water partition coefficient (Wildman–Crippen LogP) is 3.11. The summed E-state index contributed by atoms with van der Waals surface area (Å²) in [7, 11) is -3.68. The highest BCUT2D eigenvalue weighted by Crippen LogP contribution is 2.63. The summed E-state index contributed by atoms with van der Waals surface area (Å²) in [4.78, 5) is 0. The first-order chi connectivity index (χ1) is 14.3. The summed E-state index contributed by atoms with van der Waals surface area (Å²) in [5, 5.41) is 0.455. The van der Waals surface area contributed by atoms with Crippen molar-refractivity contribution in [3.05, 3.63) is 30.3 Å². The lowest BCUT2D eigenvalue weighted by Crippen LogP contribution is -2.48. The Morgan fingerprint density at radius 1 is 0.767 bits per heavy atom. The van der Waals surface area contributed by atoms with Gasteiger partial charge in [0.2, 0.25) is 0 Å². The van der Waals surface area contributed by atoms with Crippen LogP contribution in [0, 0.1) is 10.8 Å². The fourth-order valence-corrected chi connectivity index (χ4v) is 9.05. The molecule has 6 aliphatic rings. The van der Waals surface area contributed by atoms with Crippen LogP contribution >= 0.6 is 21.0 Å². The average molecular weight is 514 g/mol. The Morgan fingerprint density at radius 3 is 1.50 bits per heavy atom. The van der Waals surface area contributed by atoms with Crippen molar-refractivity contribution in [2.24, 2.45) is 10.8 Å². The van der Waals surface area contributed by atoms with Crippen LogP contribution in [-0.4, -0.2) is 52.9 Å². The van der Waals surface area contributed by atoms with Crippen molar-refractivity contribution in [1.82, 2.24) is 0 Å². The minimum atomic E-state index is -3.68. The third-order valence-electron chi connectivity index (χ3n) is 5.33. The Morgan fingerprint density at radius 2 is 1.13 bits per heavy atom. The van der Waals surface area contributed by atoms with Crippen LogP contribution in [0.1, 0.15) is 0 Å². The summed E-state index contributed by atoms with van der Waals surface area (Å²) in [6.07, 6.45) is 0. The molecule has 6 aliphatic heterocycles. The number of fused-ring (bicyclic) bond motifs is 6. The van der Waals surface area contributed by atoms with Gasteiger partial charge < -0.3 is 36.2 Å². The first-order valence-electron chi connectivity index (χ1n) is 9.28. The first-order valence-corrected chi connectivity index (χ1v) is 15.9. The third kappa shape index (κ3) is 4.31. The highest BCUT2D eigenvalue weighted by Gasteiger charge is 2.51. The molecule has 14 heteroatoms. The molecule has 4 bridgehead atoms. The summed E-state index contributed by atoms with van der Waals surface area (Å²) < 4.78 is 59.1. The lowest BCUT2D eigenvalue weighted by Gasteiger charge is -2.47. The topological polar surface area (TPSA) is 90.9 Å². The Labute approximate surface area is 184 Å². The highest BCUT2D eigenvalue weighted by atomic mass is 32.5. The smallest absolute Gasteiger partial charge is 0.308 e. The molecule has 0 aromatic heterocycles. The molecule has 166 valence electrons. The molecule has 0 aliphatic carbocycles. The molecule has 0 spiro atoms. The molecule has 6 saturated heterocycles. The molecular formula is C16H21O9P3S2. The molecule has 6 fully saturated rings. The molecule has 0 saturated carbocycles. The molecule has 0 amide bonds. The monoisotopic (exact) mass is 514 g/mol. The molecule has 7 rings (SSSR count). The molecule has 0 N–H and O–H groups in total. The molecular weight excluding hydrogens is 493 g/mol. The van der Waals surface area contributed by atoms with Crippen molar-refractivity contribution in [3.8, 4) is 0 Å². The minimum absolute atomic E-state index is 0.0752. The van der Waals surface area contributed by atoms with Gasteiger partial charge in [0, 0.05) is 0 Å². The van der Waals surface area contributed by atoms with Crippen molar-refractivity contribution >= 4 is 50.0 Å². The second kappa shape index (κ2) is 8.03. The van der Waals surface area contributed by atoms with Crippen LogP contribution in [0.5, 0.6) is 0 Å². The van der Waals surface area contributed by atoms with Gasteiger partial charge in [-0.2, -0.15) is 0 Å². The molecule has 6 heterocycles. The Balaban J connectivity index is 1.31. The van der Waals surface area contributed by atoms with Crippen molar-refractivity contribution in [3.63, 3.8) is 0 Å². The minimum Gasteiger partial charge on any atom is -0.308 e. The standard InChI is InChI=1S/C16H21O9P3S2/c17-26(14-4-2-1-3-5-14,18-6-15-8-20-27(29,21-9-15)22-10-15)19-7-16-11-23-28(30,24-12-16)25-13-16/h1-5H,6-13H2. The van der Waals surface area contributed by atoms with E-state index in [4.69, 9.17) is 59.8 Å². The van der Waals surface area contributed by atoms with E-state index in [0.717, 1.165) is 0 Å². The van der Waals surface area contributed by atoms with E-state index in [2.05, 4.69) is 0 Å². The van der Waals surface area contributed by atoms with Gasteiger partial charge in [-0.15, -0.1) is 0 Å². The van der Waals surface area contributed by atoms with Crippen LogP contribution in [0.15, 0.2) is 30.3 Å². The Bertz CT molecular complexity index is 842. The van der Waals surface area contributed by atoms with E-state index in [0.29, 0.717) is 44.9 Å². The maximum atomic E-state index is 13.9. The van der Waals surface area contributed by atoms with Crippen molar-refractivity contribution in [2.45, 2.75) is 0 Å². The van der Waals surface area contributed by atoms with Gasteiger partial charge in [-0.1, -0.05) is 18.2 Å². The summed E-state index contributed by atoms with van der Waals surface area (Å²) in [5.74, 6) is 0. The normalized spacial score (nSPS) is 42.1. The number of rotatable bonds is 7. The average Bonchev–Trinajstić information content (AvgIpc) is 2.79. The zero-order valence-electron chi connectivity index (χ0n) is 15.9. The highest BCUT2D eigenvalue weighted by molar-refractivity contribution is 8.07. The zero-order valence-corrected chi connectivity index (χ0v) is 20.2. The van der Waals surface area contributed by atoms with Crippen molar-refractivity contribution in [2.75, 3.05) is 52.9 Å². The van der Waals surface area contributed by atoms with E-state index in [1.807, 2.05) is 6.07 Å².